The van der Waals surface area contributed by atoms with Crippen LogP contribution in [0.15, 0.2) is 36.7 Å². The molecule has 23 heavy (non-hydrogen) atoms. The van der Waals surface area contributed by atoms with Gasteiger partial charge in [0.05, 0.1) is 12.8 Å². The second kappa shape index (κ2) is 7.62. The summed E-state index contributed by atoms with van der Waals surface area (Å²) < 4.78 is 7.32. The highest BCUT2D eigenvalue weighted by Crippen LogP contribution is 2.22. The summed E-state index contributed by atoms with van der Waals surface area (Å²) in [5.74, 6) is 0.913. The molecule has 1 aliphatic heterocycles. The number of hydrogen-bond acceptors (Lipinski definition) is 4. The third-order valence-corrected chi connectivity index (χ3v) is 4.55. The van der Waals surface area contributed by atoms with Crippen molar-refractivity contribution in [3.05, 3.63) is 42.2 Å². The summed E-state index contributed by atoms with van der Waals surface area (Å²) in [6.45, 7) is 5.88. The lowest BCUT2D eigenvalue weighted by atomic mass is 10.1. The van der Waals surface area contributed by atoms with Crippen LogP contribution in [0.1, 0.15) is 12.0 Å². The van der Waals surface area contributed by atoms with Crippen LogP contribution in [0.3, 0.4) is 0 Å². The molecule has 0 saturated carbocycles. The van der Waals surface area contributed by atoms with Crippen molar-refractivity contribution in [2.24, 2.45) is 0 Å². The fraction of sp³-hybridized carbons (Fsp3) is 0.500. The topological polar surface area (TPSA) is 33.5 Å². The summed E-state index contributed by atoms with van der Waals surface area (Å²) >= 11 is 0. The van der Waals surface area contributed by atoms with E-state index < -0.39 is 0 Å². The predicted molar refractivity (Wildman–Crippen MR) is 92.4 cm³/mol. The van der Waals surface area contributed by atoms with Crippen LogP contribution in [-0.2, 0) is 6.42 Å². The van der Waals surface area contributed by atoms with Crippen molar-refractivity contribution in [1.82, 2.24) is 19.6 Å². The molecule has 1 aromatic carbocycles. The highest BCUT2D eigenvalue weighted by atomic mass is 16.5. The molecule has 1 saturated heterocycles. The average Bonchev–Trinajstić information content (AvgIpc) is 3.11. The highest BCUT2D eigenvalue weighted by molar-refractivity contribution is 5.45. The molecule has 1 aliphatic rings. The van der Waals surface area contributed by atoms with E-state index in [1.54, 1.807) is 7.11 Å². The fourth-order valence-electron chi connectivity index (χ4n) is 3.09. The van der Waals surface area contributed by atoms with Crippen molar-refractivity contribution in [2.75, 3.05) is 46.9 Å². The first-order chi connectivity index (χ1) is 11.3. The number of nitrogens with zero attached hydrogens (tertiary/aromatic N) is 4. The maximum Gasteiger partial charge on any atom is 0.119 e. The molecule has 0 N–H and O–H groups in total. The number of aryl methyl sites for hydroxylation is 1. The van der Waals surface area contributed by atoms with E-state index in [2.05, 4.69) is 34.1 Å². The molecule has 5 nitrogen and oxygen atoms in total. The van der Waals surface area contributed by atoms with Gasteiger partial charge >= 0.3 is 0 Å². The molecule has 0 bridgehead atoms. The highest BCUT2D eigenvalue weighted by Gasteiger charge is 2.14. The fourth-order valence-corrected chi connectivity index (χ4v) is 3.09. The van der Waals surface area contributed by atoms with Crippen molar-refractivity contribution < 1.29 is 4.74 Å². The van der Waals surface area contributed by atoms with E-state index in [0.717, 1.165) is 30.8 Å². The van der Waals surface area contributed by atoms with E-state index in [1.165, 1.54) is 31.7 Å². The lowest BCUT2D eigenvalue weighted by Crippen LogP contribution is -2.44. The third kappa shape index (κ3) is 4.12. The Bertz CT molecular complexity index is 603. The molecule has 3 rings (SSSR count). The summed E-state index contributed by atoms with van der Waals surface area (Å²) in [5.41, 5.74) is 2.44. The van der Waals surface area contributed by atoms with E-state index >= 15 is 0 Å². The lowest BCUT2D eigenvalue weighted by Gasteiger charge is -2.32. The van der Waals surface area contributed by atoms with Crippen LogP contribution in [0, 0.1) is 0 Å². The SMILES string of the molecule is COc1ccc(-n2cccn2)c(CCCN2CCN(C)CC2)c1. The molecule has 1 aromatic heterocycles. The molecule has 5 heteroatoms. The molecule has 124 valence electrons. The van der Waals surface area contributed by atoms with Gasteiger partial charge < -0.3 is 14.5 Å². The Morgan fingerprint density at radius 3 is 2.70 bits per heavy atom. The van der Waals surface area contributed by atoms with Gasteiger partial charge in [0, 0.05) is 38.6 Å². The van der Waals surface area contributed by atoms with Gasteiger partial charge in [0.2, 0.25) is 0 Å². The molecule has 0 spiro atoms. The molecular formula is C18H26N4O. The van der Waals surface area contributed by atoms with Gasteiger partial charge in [-0.15, -0.1) is 0 Å². The van der Waals surface area contributed by atoms with Crippen molar-refractivity contribution in [3.8, 4) is 11.4 Å². The zero-order valence-corrected chi connectivity index (χ0v) is 14.1. The summed E-state index contributed by atoms with van der Waals surface area (Å²) in [5, 5.41) is 4.37. The first kappa shape index (κ1) is 16.0. The number of hydrogen-bond donors (Lipinski definition) is 0. The molecular weight excluding hydrogens is 288 g/mol. The van der Waals surface area contributed by atoms with Gasteiger partial charge in [-0.2, -0.15) is 5.10 Å². The largest absolute Gasteiger partial charge is 0.497 e. The van der Waals surface area contributed by atoms with Crippen LogP contribution < -0.4 is 4.74 Å². The predicted octanol–water partition coefficient (Wildman–Crippen LogP) is 2.06. The smallest absolute Gasteiger partial charge is 0.119 e. The van der Waals surface area contributed by atoms with Crippen LogP contribution in [-0.4, -0.2) is 66.5 Å². The second-order valence-electron chi connectivity index (χ2n) is 6.19. The Kier molecular flexibility index (Phi) is 5.31. The normalized spacial score (nSPS) is 16.6. The van der Waals surface area contributed by atoms with Crippen LogP contribution in [0.5, 0.6) is 5.75 Å². The Labute approximate surface area is 138 Å². The quantitative estimate of drug-likeness (QED) is 0.817. The molecule has 2 aromatic rings. The Hall–Kier alpha value is -1.85. The van der Waals surface area contributed by atoms with Crippen LogP contribution in [0.25, 0.3) is 5.69 Å². The number of aromatic nitrogens is 2. The van der Waals surface area contributed by atoms with E-state index in [9.17, 15) is 0 Å². The van der Waals surface area contributed by atoms with Gasteiger partial charge in [-0.25, -0.2) is 4.68 Å². The minimum absolute atomic E-state index is 0.913. The summed E-state index contributed by atoms with van der Waals surface area (Å²) in [7, 11) is 3.92. The average molecular weight is 314 g/mol. The lowest BCUT2D eigenvalue weighted by molar-refractivity contribution is 0.153. The van der Waals surface area contributed by atoms with Gasteiger partial charge in [-0.05, 0) is 56.3 Å². The van der Waals surface area contributed by atoms with E-state index in [1.807, 2.05) is 29.2 Å². The summed E-state index contributed by atoms with van der Waals surface area (Å²) in [6.07, 6.45) is 6.01. The van der Waals surface area contributed by atoms with Gasteiger partial charge in [-0.3, -0.25) is 0 Å². The maximum atomic E-state index is 5.39. The van der Waals surface area contributed by atoms with Crippen LogP contribution >= 0.6 is 0 Å². The molecule has 0 aliphatic carbocycles. The van der Waals surface area contributed by atoms with Gasteiger partial charge in [-0.1, -0.05) is 0 Å². The minimum Gasteiger partial charge on any atom is -0.497 e. The van der Waals surface area contributed by atoms with Crippen molar-refractivity contribution >= 4 is 0 Å². The minimum atomic E-state index is 0.913. The molecule has 1 fully saturated rings. The van der Waals surface area contributed by atoms with E-state index in [4.69, 9.17) is 4.74 Å². The standard InChI is InChI=1S/C18H26N4O/c1-20-11-13-21(14-12-20)9-3-5-16-15-17(23-2)6-7-18(16)22-10-4-8-19-22/h4,6-8,10,15H,3,5,9,11-14H2,1-2H3. The summed E-state index contributed by atoms with van der Waals surface area (Å²) in [6, 6.07) is 8.19. The van der Waals surface area contributed by atoms with Crippen LogP contribution in [0.2, 0.25) is 0 Å². The zero-order chi connectivity index (χ0) is 16.1. The Morgan fingerprint density at radius 2 is 2.00 bits per heavy atom. The van der Waals surface area contributed by atoms with Crippen molar-refractivity contribution in [1.29, 1.82) is 0 Å². The molecule has 0 atom stereocenters. The van der Waals surface area contributed by atoms with E-state index in [0.29, 0.717) is 0 Å². The van der Waals surface area contributed by atoms with Crippen molar-refractivity contribution in [3.63, 3.8) is 0 Å². The Morgan fingerprint density at radius 1 is 1.17 bits per heavy atom. The first-order valence-electron chi connectivity index (χ1n) is 8.34. The first-order valence-corrected chi connectivity index (χ1v) is 8.34. The van der Waals surface area contributed by atoms with E-state index in [-0.39, 0.29) is 0 Å². The number of piperazine rings is 1. The molecule has 0 unspecified atom stereocenters. The zero-order valence-electron chi connectivity index (χ0n) is 14.1. The van der Waals surface area contributed by atoms with Gasteiger partial charge in [0.15, 0.2) is 0 Å². The van der Waals surface area contributed by atoms with Crippen molar-refractivity contribution in [2.45, 2.75) is 12.8 Å². The number of methoxy groups -OCH3 is 1. The molecule has 0 amide bonds. The molecule has 2 heterocycles. The molecule has 0 radical (unpaired) electrons. The number of benzene rings is 1. The summed E-state index contributed by atoms with van der Waals surface area (Å²) in [4.78, 5) is 4.96. The maximum absolute atomic E-state index is 5.39. The number of likely N-dealkylation sites (N-methyl/N-ethyl adjacent to an activating group) is 1. The number of ether oxygens (including phenoxy) is 1. The Balaban J connectivity index is 1.64. The monoisotopic (exact) mass is 314 g/mol. The second-order valence-corrected chi connectivity index (χ2v) is 6.19. The number of rotatable bonds is 6. The van der Waals surface area contributed by atoms with Gasteiger partial charge in [0.25, 0.3) is 0 Å². The van der Waals surface area contributed by atoms with Gasteiger partial charge in [0.1, 0.15) is 5.75 Å². The third-order valence-electron chi connectivity index (χ3n) is 4.55. The van der Waals surface area contributed by atoms with Crippen LogP contribution in [0.4, 0.5) is 0 Å².